The molecular weight excluding hydrogens is 356 g/mol. The van der Waals surface area contributed by atoms with E-state index in [1.807, 2.05) is 11.8 Å². The summed E-state index contributed by atoms with van der Waals surface area (Å²) in [5.74, 6) is 0.0564. The zero-order chi connectivity index (χ0) is 19.6. The first-order valence-electron chi connectivity index (χ1n) is 8.43. The molecule has 3 heterocycles. The number of hydrogen-bond donors (Lipinski definition) is 3. The average molecular weight is 377 g/mol. The number of pyridine rings is 1. The fourth-order valence-electron chi connectivity index (χ4n) is 2.73. The zero-order valence-electron chi connectivity index (χ0n) is 14.8. The Labute approximate surface area is 155 Å². The van der Waals surface area contributed by atoms with Gasteiger partial charge in [0.1, 0.15) is 11.5 Å². The number of nitrogen functional groups attached to an aromatic ring is 1. The molecule has 0 unspecified atom stereocenters. The summed E-state index contributed by atoms with van der Waals surface area (Å²) in [5.41, 5.74) is 11.4. The van der Waals surface area contributed by atoms with Gasteiger partial charge in [-0.3, -0.25) is 5.41 Å². The fraction of sp³-hybridized carbons (Fsp3) is 0.412. The molecule has 0 atom stereocenters. The molecule has 1 fully saturated rings. The highest BCUT2D eigenvalue weighted by Crippen LogP contribution is 2.24. The van der Waals surface area contributed by atoms with Crippen molar-refractivity contribution < 1.29 is 13.5 Å². The Morgan fingerprint density at radius 3 is 2.63 bits per heavy atom. The minimum absolute atomic E-state index is 0.0172. The van der Waals surface area contributed by atoms with Crippen molar-refractivity contribution in [1.82, 2.24) is 15.0 Å². The number of alkyl halides is 2. The summed E-state index contributed by atoms with van der Waals surface area (Å²) in [5, 5.41) is 7.99. The first-order chi connectivity index (χ1) is 12.7. The van der Waals surface area contributed by atoms with E-state index in [4.69, 9.17) is 21.6 Å². The van der Waals surface area contributed by atoms with Gasteiger partial charge in [0.05, 0.1) is 6.20 Å². The van der Waals surface area contributed by atoms with Gasteiger partial charge in [-0.25, -0.2) is 23.7 Å². The number of nitrogens with two attached hydrogens (primary N) is 2. The molecule has 8 nitrogen and oxygen atoms in total. The molecule has 2 aromatic heterocycles. The van der Waals surface area contributed by atoms with Crippen LogP contribution in [0.15, 0.2) is 24.4 Å². The van der Waals surface area contributed by atoms with E-state index >= 15 is 0 Å². The average Bonchev–Trinajstić information content (AvgIpc) is 2.61. The lowest BCUT2D eigenvalue weighted by atomic mass is 9.91. The first kappa shape index (κ1) is 18.9. The van der Waals surface area contributed by atoms with Gasteiger partial charge in [0.2, 0.25) is 11.8 Å². The predicted octanol–water partition coefficient (Wildman–Crippen LogP) is 2.11. The number of nitrogens with zero attached hydrogens (tertiary/aromatic N) is 4. The summed E-state index contributed by atoms with van der Waals surface area (Å²) in [7, 11) is 0. The van der Waals surface area contributed by atoms with Crippen molar-refractivity contribution in [2.24, 2.45) is 5.73 Å². The molecular formula is C17H21F2N7O. The van der Waals surface area contributed by atoms with Crippen molar-refractivity contribution in [2.75, 3.05) is 23.7 Å². The minimum Gasteiger partial charge on any atom is -0.419 e. The van der Waals surface area contributed by atoms with Crippen LogP contribution in [0.4, 0.5) is 20.4 Å². The van der Waals surface area contributed by atoms with Gasteiger partial charge in [0, 0.05) is 24.7 Å². The number of anilines is 2. The quantitative estimate of drug-likeness (QED) is 0.550. The van der Waals surface area contributed by atoms with E-state index in [2.05, 4.69) is 15.0 Å². The molecule has 27 heavy (non-hydrogen) atoms. The Morgan fingerprint density at radius 1 is 1.30 bits per heavy atom. The minimum atomic E-state index is -2.73. The molecule has 144 valence electrons. The number of rotatable bonds is 4. The lowest BCUT2D eigenvalue weighted by Crippen LogP contribution is -2.48. The van der Waals surface area contributed by atoms with E-state index < -0.39 is 18.0 Å². The number of piperidine rings is 1. The van der Waals surface area contributed by atoms with Gasteiger partial charge < -0.3 is 21.1 Å². The second-order valence-electron chi connectivity index (χ2n) is 6.74. The van der Waals surface area contributed by atoms with Gasteiger partial charge in [-0.1, -0.05) is 6.07 Å². The Hall–Kier alpha value is -2.88. The van der Waals surface area contributed by atoms with Gasteiger partial charge >= 0.3 is 0 Å². The SMILES string of the molecule is CC1(N)CCN(c2cnc(C(=N)Oc3cccc(C(F)F)n3)c(N)n2)CC1. The molecule has 0 bridgehead atoms. The summed E-state index contributed by atoms with van der Waals surface area (Å²) in [6.45, 7) is 3.49. The summed E-state index contributed by atoms with van der Waals surface area (Å²) in [6, 6.07) is 3.92. The zero-order valence-corrected chi connectivity index (χ0v) is 14.8. The number of hydrogen-bond acceptors (Lipinski definition) is 8. The highest BCUT2D eigenvalue weighted by Gasteiger charge is 2.27. The van der Waals surface area contributed by atoms with Crippen LogP contribution in [-0.2, 0) is 0 Å². The van der Waals surface area contributed by atoms with Gasteiger partial charge in [0.25, 0.3) is 6.43 Å². The van der Waals surface area contributed by atoms with E-state index in [1.54, 1.807) is 0 Å². The van der Waals surface area contributed by atoms with Crippen LogP contribution in [0.1, 0.15) is 37.6 Å². The van der Waals surface area contributed by atoms with Crippen molar-refractivity contribution in [1.29, 1.82) is 5.41 Å². The van der Waals surface area contributed by atoms with E-state index in [1.165, 1.54) is 24.4 Å². The molecule has 0 saturated carbocycles. The topological polar surface area (TPSA) is 127 Å². The van der Waals surface area contributed by atoms with Crippen LogP contribution < -0.4 is 21.1 Å². The molecule has 0 amide bonds. The van der Waals surface area contributed by atoms with Crippen molar-refractivity contribution in [2.45, 2.75) is 31.7 Å². The van der Waals surface area contributed by atoms with Gasteiger partial charge in [-0.15, -0.1) is 0 Å². The third-order valence-electron chi connectivity index (χ3n) is 4.41. The fourth-order valence-corrected chi connectivity index (χ4v) is 2.73. The van der Waals surface area contributed by atoms with E-state index in [0.717, 1.165) is 25.9 Å². The Morgan fingerprint density at radius 2 is 2.00 bits per heavy atom. The van der Waals surface area contributed by atoms with Gasteiger partial charge in [-0.05, 0) is 25.8 Å². The van der Waals surface area contributed by atoms with Crippen molar-refractivity contribution in [3.8, 4) is 5.88 Å². The van der Waals surface area contributed by atoms with E-state index in [0.29, 0.717) is 5.82 Å². The molecule has 10 heteroatoms. The first-order valence-corrected chi connectivity index (χ1v) is 8.43. The standard InChI is InChI=1S/C17H21F2N7O/c1-17(22)5-7-26(8-6-17)11-9-23-13(15(20)25-11)16(21)27-12-4-2-3-10(24-12)14(18)19/h2-4,9,14,21H,5-8,22H2,1H3,(H2,20,25). The normalized spacial score (nSPS) is 16.4. The summed E-state index contributed by atoms with van der Waals surface area (Å²) < 4.78 is 30.6. The largest absolute Gasteiger partial charge is 0.419 e. The van der Waals surface area contributed by atoms with Crippen molar-refractivity contribution in [3.63, 3.8) is 0 Å². The van der Waals surface area contributed by atoms with Crippen LogP contribution in [0.5, 0.6) is 5.88 Å². The van der Waals surface area contributed by atoms with Crippen LogP contribution in [0.25, 0.3) is 0 Å². The molecule has 1 saturated heterocycles. The third kappa shape index (κ3) is 4.45. The van der Waals surface area contributed by atoms with Crippen molar-refractivity contribution >= 4 is 17.5 Å². The Bertz CT molecular complexity index is 834. The van der Waals surface area contributed by atoms with Crippen LogP contribution >= 0.6 is 0 Å². The van der Waals surface area contributed by atoms with Crippen LogP contribution in [0.3, 0.4) is 0 Å². The Kier molecular flexibility index (Phi) is 5.17. The number of ether oxygens (including phenoxy) is 1. The molecule has 0 spiro atoms. The van der Waals surface area contributed by atoms with Gasteiger partial charge in [0.15, 0.2) is 11.5 Å². The highest BCUT2D eigenvalue weighted by atomic mass is 19.3. The third-order valence-corrected chi connectivity index (χ3v) is 4.41. The molecule has 0 radical (unpaired) electrons. The second-order valence-corrected chi connectivity index (χ2v) is 6.74. The van der Waals surface area contributed by atoms with Crippen LogP contribution in [0.2, 0.25) is 0 Å². The summed E-state index contributed by atoms with van der Waals surface area (Å²) in [6.07, 6.45) is 0.418. The maximum atomic E-state index is 12.7. The lowest BCUT2D eigenvalue weighted by Gasteiger charge is -2.37. The predicted molar refractivity (Wildman–Crippen MR) is 97.1 cm³/mol. The van der Waals surface area contributed by atoms with Crippen molar-refractivity contribution in [3.05, 3.63) is 35.8 Å². The molecule has 1 aliphatic heterocycles. The lowest BCUT2D eigenvalue weighted by molar-refractivity contribution is 0.145. The smallest absolute Gasteiger partial charge is 0.280 e. The number of aromatic nitrogens is 3. The van der Waals surface area contributed by atoms with Gasteiger partial charge in [-0.2, -0.15) is 0 Å². The molecule has 2 aromatic rings. The molecule has 5 N–H and O–H groups in total. The molecule has 3 rings (SSSR count). The summed E-state index contributed by atoms with van der Waals surface area (Å²) in [4.78, 5) is 14.1. The Balaban J connectivity index is 1.72. The maximum absolute atomic E-state index is 12.7. The highest BCUT2D eigenvalue weighted by molar-refractivity contribution is 5.95. The van der Waals surface area contributed by atoms with Crippen LogP contribution in [0, 0.1) is 5.41 Å². The number of halogens is 2. The number of nitrogens with one attached hydrogen (secondary N) is 1. The van der Waals surface area contributed by atoms with E-state index in [-0.39, 0.29) is 22.9 Å². The monoisotopic (exact) mass is 377 g/mol. The van der Waals surface area contributed by atoms with E-state index in [9.17, 15) is 8.78 Å². The maximum Gasteiger partial charge on any atom is 0.280 e. The molecule has 1 aliphatic rings. The second kappa shape index (κ2) is 7.39. The molecule has 0 aliphatic carbocycles. The van der Waals surface area contributed by atoms with Crippen LogP contribution in [-0.4, -0.2) is 39.5 Å². The molecule has 0 aromatic carbocycles. The summed E-state index contributed by atoms with van der Waals surface area (Å²) >= 11 is 0.